The Bertz CT molecular complexity index is 932. The molecule has 146 valence electrons. The molecule has 2 aromatic carbocycles. The number of hydrogen-bond donors (Lipinski definition) is 1. The number of nitrogens with one attached hydrogen (secondary N) is 1. The van der Waals surface area contributed by atoms with Crippen LogP contribution in [-0.4, -0.2) is 35.8 Å². The molecule has 1 aliphatic rings. The Morgan fingerprint density at radius 2 is 2.04 bits per heavy atom. The van der Waals surface area contributed by atoms with E-state index in [1.54, 1.807) is 24.3 Å². The van der Waals surface area contributed by atoms with E-state index in [2.05, 4.69) is 10.3 Å². The second-order valence-electron chi connectivity index (χ2n) is 5.89. The molecule has 2 aromatic rings. The van der Waals surface area contributed by atoms with Gasteiger partial charge in [-0.2, -0.15) is 0 Å². The van der Waals surface area contributed by atoms with Gasteiger partial charge in [0.25, 0.3) is 5.91 Å². The fourth-order valence-electron chi connectivity index (χ4n) is 2.65. The summed E-state index contributed by atoms with van der Waals surface area (Å²) in [6.45, 7) is 2.38. The number of benzene rings is 2. The third kappa shape index (κ3) is 4.51. The molecule has 0 aliphatic carbocycles. The van der Waals surface area contributed by atoms with Crippen LogP contribution in [0.4, 0.5) is 10.1 Å². The molecule has 0 spiro atoms. The van der Waals surface area contributed by atoms with Gasteiger partial charge in [0.1, 0.15) is 16.1 Å². The lowest BCUT2D eigenvalue weighted by Gasteiger charge is -2.11. The van der Waals surface area contributed by atoms with Gasteiger partial charge in [-0.3, -0.25) is 9.59 Å². The number of methoxy groups -OCH3 is 1. The van der Waals surface area contributed by atoms with Crippen molar-refractivity contribution in [2.45, 2.75) is 18.6 Å². The highest BCUT2D eigenvalue weighted by Crippen LogP contribution is 2.34. The molecule has 0 fully saturated rings. The summed E-state index contributed by atoms with van der Waals surface area (Å²) in [7, 11) is 1.53. The van der Waals surface area contributed by atoms with Gasteiger partial charge in [0, 0.05) is 12.0 Å². The highest BCUT2D eigenvalue weighted by Gasteiger charge is 2.31. The number of para-hydroxylation sites is 1. The molecule has 2 amide bonds. The normalized spacial score (nSPS) is 15.9. The molecular formula is C20H19FN2O4S. The Labute approximate surface area is 166 Å². The topological polar surface area (TPSA) is 77.0 Å². The lowest BCUT2D eigenvalue weighted by atomic mass is 10.2. The first-order valence-electron chi connectivity index (χ1n) is 8.66. The van der Waals surface area contributed by atoms with E-state index in [1.807, 2.05) is 6.92 Å². The van der Waals surface area contributed by atoms with Gasteiger partial charge in [0.05, 0.1) is 19.4 Å². The number of ether oxygens (including phenoxy) is 2. The van der Waals surface area contributed by atoms with E-state index < -0.39 is 22.9 Å². The summed E-state index contributed by atoms with van der Waals surface area (Å²) in [6, 6.07) is 11.2. The Morgan fingerprint density at radius 3 is 2.75 bits per heavy atom. The van der Waals surface area contributed by atoms with E-state index in [1.165, 1.54) is 37.1 Å². The van der Waals surface area contributed by atoms with Crippen molar-refractivity contribution in [3.05, 3.63) is 53.8 Å². The fraction of sp³-hybridized carbons (Fsp3) is 0.250. The molecule has 3 rings (SSSR count). The minimum atomic E-state index is -0.653. The van der Waals surface area contributed by atoms with Crippen LogP contribution in [0, 0.1) is 5.82 Å². The monoisotopic (exact) mass is 402 g/mol. The largest absolute Gasteiger partial charge is 0.493 e. The summed E-state index contributed by atoms with van der Waals surface area (Å²) >= 11 is 1.20. The van der Waals surface area contributed by atoms with Crippen LogP contribution in [0.1, 0.15) is 18.9 Å². The maximum atomic E-state index is 13.7. The van der Waals surface area contributed by atoms with Crippen LogP contribution >= 0.6 is 11.8 Å². The van der Waals surface area contributed by atoms with Gasteiger partial charge in [-0.1, -0.05) is 23.9 Å². The van der Waals surface area contributed by atoms with Crippen molar-refractivity contribution in [1.82, 2.24) is 0 Å². The summed E-state index contributed by atoms with van der Waals surface area (Å²) in [4.78, 5) is 28.5. The Morgan fingerprint density at radius 1 is 1.25 bits per heavy atom. The molecular weight excluding hydrogens is 383 g/mol. The zero-order valence-electron chi connectivity index (χ0n) is 15.4. The quantitative estimate of drug-likeness (QED) is 0.765. The zero-order chi connectivity index (χ0) is 20.1. The van der Waals surface area contributed by atoms with Crippen LogP contribution in [0.3, 0.4) is 0 Å². The van der Waals surface area contributed by atoms with Gasteiger partial charge < -0.3 is 14.8 Å². The number of nitrogens with zero attached hydrogens (tertiary/aromatic N) is 1. The molecule has 0 saturated heterocycles. The van der Waals surface area contributed by atoms with Gasteiger partial charge in [-0.25, -0.2) is 9.38 Å². The molecule has 8 heteroatoms. The van der Waals surface area contributed by atoms with Crippen molar-refractivity contribution in [2.24, 2.45) is 4.99 Å². The second-order valence-corrected chi connectivity index (χ2v) is 7.08. The Hall–Kier alpha value is -2.87. The van der Waals surface area contributed by atoms with Crippen LogP contribution in [0.5, 0.6) is 11.5 Å². The number of thioether (sulfide) groups is 1. The van der Waals surface area contributed by atoms with Crippen molar-refractivity contribution in [1.29, 1.82) is 0 Å². The Balaban J connectivity index is 1.67. The number of aliphatic imine (C=N–C) groups is 1. The van der Waals surface area contributed by atoms with Crippen LogP contribution in [0.2, 0.25) is 0 Å². The minimum Gasteiger partial charge on any atom is -0.493 e. The molecule has 0 bridgehead atoms. The average molecular weight is 402 g/mol. The van der Waals surface area contributed by atoms with Gasteiger partial charge >= 0.3 is 0 Å². The summed E-state index contributed by atoms with van der Waals surface area (Å²) in [5, 5.41) is 2.34. The molecule has 1 N–H and O–H groups in total. The Kier molecular flexibility index (Phi) is 6.30. The summed E-state index contributed by atoms with van der Waals surface area (Å²) < 4.78 is 24.5. The number of carbonyl (C=O) groups is 2. The standard InChI is InChI=1S/C20H19FN2O4S/c1-3-27-15-9-8-12(10-16(15)26-2)20-23-19(25)17(28-20)11-18(24)22-14-7-5-4-6-13(14)21/h4-10,17H,3,11H2,1-2H3,(H,22,24). The number of anilines is 1. The first-order valence-corrected chi connectivity index (χ1v) is 9.54. The first kappa shape index (κ1) is 19.9. The first-order chi connectivity index (χ1) is 13.5. The number of hydrogen-bond acceptors (Lipinski definition) is 5. The van der Waals surface area contributed by atoms with E-state index >= 15 is 0 Å². The second kappa shape index (κ2) is 8.88. The maximum Gasteiger partial charge on any atom is 0.260 e. The van der Waals surface area contributed by atoms with E-state index in [4.69, 9.17) is 9.47 Å². The van der Waals surface area contributed by atoms with E-state index in [9.17, 15) is 14.0 Å². The third-order valence-corrected chi connectivity index (χ3v) is 5.17. The maximum absolute atomic E-state index is 13.7. The summed E-state index contributed by atoms with van der Waals surface area (Å²) in [6.07, 6.45) is -0.0982. The van der Waals surface area contributed by atoms with Crippen molar-refractivity contribution in [3.63, 3.8) is 0 Å². The number of rotatable bonds is 7. The minimum absolute atomic E-state index is 0.0836. The van der Waals surface area contributed by atoms with Crippen LogP contribution < -0.4 is 14.8 Å². The highest BCUT2D eigenvalue weighted by molar-refractivity contribution is 8.16. The molecule has 1 unspecified atom stereocenters. The smallest absolute Gasteiger partial charge is 0.260 e. The zero-order valence-corrected chi connectivity index (χ0v) is 16.2. The van der Waals surface area contributed by atoms with E-state index in [0.717, 1.165) is 0 Å². The number of halogens is 1. The number of carbonyl (C=O) groups excluding carboxylic acids is 2. The molecule has 1 atom stereocenters. The van der Waals surface area contributed by atoms with Crippen molar-refractivity contribution < 1.29 is 23.5 Å². The van der Waals surface area contributed by atoms with Crippen molar-refractivity contribution in [3.8, 4) is 11.5 Å². The summed E-state index contributed by atoms with van der Waals surface area (Å²) in [5.41, 5.74) is 0.788. The van der Waals surface area contributed by atoms with Gasteiger partial charge in [0.15, 0.2) is 11.5 Å². The number of amides is 2. The van der Waals surface area contributed by atoms with Gasteiger partial charge in [-0.15, -0.1) is 0 Å². The van der Waals surface area contributed by atoms with Gasteiger partial charge in [0.2, 0.25) is 5.91 Å². The molecule has 28 heavy (non-hydrogen) atoms. The van der Waals surface area contributed by atoms with Crippen molar-refractivity contribution in [2.75, 3.05) is 19.0 Å². The summed E-state index contributed by atoms with van der Waals surface area (Å²) in [5.74, 6) is -0.229. The average Bonchev–Trinajstić information content (AvgIpc) is 3.04. The lowest BCUT2D eigenvalue weighted by Crippen LogP contribution is -2.21. The third-order valence-electron chi connectivity index (χ3n) is 3.97. The highest BCUT2D eigenvalue weighted by atomic mass is 32.2. The van der Waals surface area contributed by atoms with E-state index in [0.29, 0.717) is 28.7 Å². The van der Waals surface area contributed by atoms with Crippen LogP contribution in [0.15, 0.2) is 47.5 Å². The molecule has 1 aliphatic heterocycles. The van der Waals surface area contributed by atoms with Gasteiger partial charge in [-0.05, 0) is 37.3 Å². The lowest BCUT2D eigenvalue weighted by molar-refractivity contribution is -0.121. The van der Waals surface area contributed by atoms with Crippen LogP contribution in [-0.2, 0) is 9.59 Å². The van der Waals surface area contributed by atoms with Crippen LogP contribution in [0.25, 0.3) is 0 Å². The molecule has 0 saturated carbocycles. The fourth-order valence-corrected chi connectivity index (χ4v) is 3.72. The molecule has 0 aromatic heterocycles. The van der Waals surface area contributed by atoms with E-state index in [-0.39, 0.29) is 12.1 Å². The molecule has 1 heterocycles. The predicted octanol–water partition coefficient (Wildman–Crippen LogP) is 3.65. The molecule has 0 radical (unpaired) electrons. The van der Waals surface area contributed by atoms with Crippen molar-refractivity contribution >= 4 is 34.3 Å². The molecule has 6 nitrogen and oxygen atoms in total. The predicted molar refractivity (Wildman–Crippen MR) is 107 cm³/mol. The SMILES string of the molecule is CCOc1ccc(C2=NC(=O)C(CC(=O)Nc3ccccc3F)S2)cc1OC.